The van der Waals surface area contributed by atoms with Gasteiger partial charge >= 0.3 is 0 Å². The van der Waals surface area contributed by atoms with Crippen molar-refractivity contribution >= 4 is 11.8 Å². The third kappa shape index (κ3) is 4.57. The summed E-state index contributed by atoms with van der Waals surface area (Å²) in [6.45, 7) is 5.05. The molecule has 1 aromatic heterocycles. The molecule has 2 aliphatic heterocycles. The fourth-order valence-corrected chi connectivity index (χ4v) is 3.76. The highest BCUT2D eigenvalue weighted by Crippen LogP contribution is 2.22. The Morgan fingerprint density at radius 2 is 2.28 bits per heavy atom. The molecule has 2 fully saturated rings. The van der Waals surface area contributed by atoms with E-state index in [9.17, 15) is 9.59 Å². The average Bonchev–Trinajstić information content (AvgIpc) is 3.21. The summed E-state index contributed by atoms with van der Waals surface area (Å²) in [7, 11) is 0. The van der Waals surface area contributed by atoms with E-state index in [0.29, 0.717) is 12.5 Å². The van der Waals surface area contributed by atoms with Crippen LogP contribution in [0, 0.1) is 5.92 Å². The van der Waals surface area contributed by atoms with Crippen molar-refractivity contribution in [2.45, 2.75) is 44.6 Å². The summed E-state index contributed by atoms with van der Waals surface area (Å²) < 4.78 is 0. The molecule has 6 nitrogen and oxygen atoms in total. The second kappa shape index (κ2) is 8.43. The molecule has 0 aliphatic carbocycles. The quantitative estimate of drug-likeness (QED) is 0.844. The maximum Gasteiger partial charge on any atom is 0.237 e. The number of nitrogens with zero attached hydrogens (tertiary/aromatic N) is 2. The van der Waals surface area contributed by atoms with Gasteiger partial charge in [0.1, 0.15) is 0 Å². The lowest BCUT2D eigenvalue weighted by Gasteiger charge is -2.34. The van der Waals surface area contributed by atoms with Crippen LogP contribution in [0.25, 0.3) is 0 Å². The van der Waals surface area contributed by atoms with E-state index in [1.165, 1.54) is 0 Å². The molecule has 3 atom stereocenters. The van der Waals surface area contributed by atoms with E-state index in [0.717, 1.165) is 50.9 Å². The number of hydrogen-bond acceptors (Lipinski definition) is 4. The Morgan fingerprint density at radius 1 is 1.40 bits per heavy atom. The van der Waals surface area contributed by atoms with E-state index >= 15 is 0 Å². The second-order valence-corrected chi connectivity index (χ2v) is 7.19. The number of hydrogen-bond donors (Lipinski definition) is 2. The number of aromatic nitrogens is 1. The fraction of sp³-hybridized carbons (Fsp3) is 0.632. The summed E-state index contributed by atoms with van der Waals surface area (Å²) in [6.07, 6.45) is 7.52. The minimum absolute atomic E-state index is 0.0353. The first-order chi connectivity index (χ1) is 12.1. The lowest BCUT2D eigenvalue weighted by Crippen LogP contribution is -2.47. The zero-order valence-electron chi connectivity index (χ0n) is 14.9. The Bertz CT molecular complexity index is 586. The van der Waals surface area contributed by atoms with E-state index in [4.69, 9.17) is 0 Å². The van der Waals surface area contributed by atoms with Gasteiger partial charge in [-0.2, -0.15) is 0 Å². The number of amides is 2. The number of carbonyl (C=O) groups excluding carboxylic acids is 2. The molecule has 25 heavy (non-hydrogen) atoms. The van der Waals surface area contributed by atoms with E-state index in [2.05, 4.69) is 15.6 Å². The topological polar surface area (TPSA) is 74.3 Å². The van der Waals surface area contributed by atoms with Crippen LogP contribution < -0.4 is 10.6 Å². The molecule has 0 radical (unpaired) electrons. The van der Waals surface area contributed by atoms with Crippen molar-refractivity contribution in [3.8, 4) is 0 Å². The Kier molecular flexibility index (Phi) is 6.02. The van der Waals surface area contributed by atoms with Crippen LogP contribution >= 0.6 is 0 Å². The van der Waals surface area contributed by atoms with Gasteiger partial charge in [0.15, 0.2) is 0 Å². The first-order valence-electron chi connectivity index (χ1n) is 9.35. The molecule has 3 rings (SSSR count). The molecule has 136 valence electrons. The third-order valence-electron chi connectivity index (χ3n) is 5.33. The van der Waals surface area contributed by atoms with Crippen LogP contribution in [0.5, 0.6) is 0 Å². The monoisotopic (exact) mass is 344 g/mol. The number of carbonyl (C=O) groups is 2. The zero-order valence-corrected chi connectivity index (χ0v) is 14.9. The van der Waals surface area contributed by atoms with Crippen molar-refractivity contribution in [2.24, 2.45) is 5.92 Å². The molecule has 2 N–H and O–H groups in total. The molecule has 1 aromatic rings. The summed E-state index contributed by atoms with van der Waals surface area (Å²) in [5, 5.41) is 6.29. The van der Waals surface area contributed by atoms with Crippen LogP contribution in [-0.2, 0) is 9.59 Å². The van der Waals surface area contributed by atoms with Crippen molar-refractivity contribution < 1.29 is 9.59 Å². The maximum atomic E-state index is 12.8. The highest BCUT2D eigenvalue weighted by molar-refractivity contribution is 5.83. The summed E-state index contributed by atoms with van der Waals surface area (Å²) >= 11 is 0. The molecule has 2 aliphatic rings. The SMILES string of the molecule is C[C@H](C(=O)N1CCC[C@@H](CNC(=O)[C@H]2CCCN2)C1)c1cccnc1. The maximum absolute atomic E-state index is 12.8. The van der Waals surface area contributed by atoms with Crippen molar-refractivity contribution in [1.29, 1.82) is 0 Å². The van der Waals surface area contributed by atoms with E-state index < -0.39 is 0 Å². The average molecular weight is 344 g/mol. The largest absolute Gasteiger partial charge is 0.354 e. The minimum atomic E-state index is -0.176. The van der Waals surface area contributed by atoms with E-state index in [1.54, 1.807) is 12.4 Å². The van der Waals surface area contributed by atoms with E-state index in [1.807, 2.05) is 24.0 Å². The van der Waals surface area contributed by atoms with Crippen LogP contribution in [-0.4, -0.2) is 53.9 Å². The van der Waals surface area contributed by atoms with Crippen LogP contribution in [0.15, 0.2) is 24.5 Å². The first kappa shape index (κ1) is 17.9. The third-order valence-corrected chi connectivity index (χ3v) is 5.33. The van der Waals surface area contributed by atoms with Crippen molar-refractivity contribution in [2.75, 3.05) is 26.2 Å². The normalized spacial score (nSPS) is 24.8. The molecule has 2 saturated heterocycles. The van der Waals surface area contributed by atoms with Crippen molar-refractivity contribution in [3.63, 3.8) is 0 Å². The van der Waals surface area contributed by atoms with Crippen molar-refractivity contribution in [1.82, 2.24) is 20.5 Å². The number of likely N-dealkylation sites (tertiary alicyclic amines) is 1. The van der Waals surface area contributed by atoms with Crippen molar-refractivity contribution in [3.05, 3.63) is 30.1 Å². The Balaban J connectivity index is 1.50. The standard InChI is InChI=1S/C19H28N4O2/c1-14(16-6-2-8-20-12-16)19(25)23-10-4-5-15(13-23)11-22-18(24)17-7-3-9-21-17/h2,6,8,12,14-15,17,21H,3-5,7,9-11,13H2,1H3,(H,22,24)/t14-,15-,17+/m0/s1. The van der Waals surface area contributed by atoms with Gasteiger partial charge in [-0.15, -0.1) is 0 Å². The summed E-state index contributed by atoms with van der Waals surface area (Å²) in [5.41, 5.74) is 0.954. The van der Waals surface area contributed by atoms with E-state index in [-0.39, 0.29) is 23.8 Å². The molecule has 0 unspecified atom stereocenters. The smallest absolute Gasteiger partial charge is 0.237 e. The molecule has 0 saturated carbocycles. The van der Waals surface area contributed by atoms with Gasteiger partial charge in [-0.25, -0.2) is 0 Å². The van der Waals surface area contributed by atoms with Gasteiger partial charge < -0.3 is 15.5 Å². The Hall–Kier alpha value is -1.95. The molecule has 6 heteroatoms. The molecular formula is C19H28N4O2. The number of rotatable bonds is 5. The predicted molar refractivity (Wildman–Crippen MR) is 96.0 cm³/mol. The molecule has 3 heterocycles. The Morgan fingerprint density at radius 3 is 3.00 bits per heavy atom. The van der Waals surface area contributed by atoms with Crippen LogP contribution in [0.4, 0.5) is 0 Å². The second-order valence-electron chi connectivity index (χ2n) is 7.19. The van der Waals surface area contributed by atoms with Crippen LogP contribution in [0.1, 0.15) is 44.1 Å². The highest BCUT2D eigenvalue weighted by atomic mass is 16.2. The van der Waals surface area contributed by atoms with Crippen LogP contribution in [0.3, 0.4) is 0 Å². The van der Waals surface area contributed by atoms with Gasteiger partial charge in [0.05, 0.1) is 12.0 Å². The fourth-order valence-electron chi connectivity index (χ4n) is 3.76. The first-order valence-corrected chi connectivity index (χ1v) is 9.35. The van der Waals surface area contributed by atoms with Gasteiger partial charge in [-0.1, -0.05) is 6.07 Å². The zero-order chi connectivity index (χ0) is 17.6. The molecular weight excluding hydrogens is 316 g/mol. The van der Waals surface area contributed by atoms with Gasteiger partial charge in [0.2, 0.25) is 11.8 Å². The van der Waals surface area contributed by atoms with Gasteiger partial charge in [0.25, 0.3) is 0 Å². The number of nitrogens with one attached hydrogen (secondary N) is 2. The number of piperidine rings is 1. The molecule has 0 bridgehead atoms. The van der Waals surface area contributed by atoms with Gasteiger partial charge in [-0.3, -0.25) is 14.6 Å². The summed E-state index contributed by atoms with van der Waals surface area (Å²) in [4.78, 5) is 31.0. The Labute approximate surface area is 149 Å². The molecule has 2 amide bonds. The lowest BCUT2D eigenvalue weighted by molar-refractivity contribution is -0.134. The van der Waals surface area contributed by atoms with Gasteiger partial charge in [0, 0.05) is 32.0 Å². The summed E-state index contributed by atoms with van der Waals surface area (Å²) in [5.74, 6) is 0.417. The highest BCUT2D eigenvalue weighted by Gasteiger charge is 2.28. The predicted octanol–water partition coefficient (Wildman–Crippen LogP) is 1.29. The number of pyridine rings is 1. The van der Waals surface area contributed by atoms with Crippen LogP contribution in [0.2, 0.25) is 0 Å². The van der Waals surface area contributed by atoms with Gasteiger partial charge in [-0.05, 0) is 56.7 Å². The molecule has 0 aromatic carbocycles. The minimum Gasteiger partial charge on any atom is -0.354 e. The molecule has 0 spiro atoms. The summed E-state index contributed by atoms with van der Waals surface area (Å²) in [6, 6.07) is 3.78. The lowest BCUT2D eigenvalue weighted by atomic mass is 9.95.